The molecule has 1 atom stereocenters. The summed E-state index contributed by atoms with van der Waals surface area (Å²) in [5, 5.41) is 3.44. The Morgan fingerprint density at radius 1 is 1.06 bits per heavy atom. The molecule has 1 nitrogen and oxygen atoms in total. The summed E-state index contributed by atoms with van der Waals surface area (Å²) in [6.07, 6.45) is 0.728. The molecule has 0 aliphatic carbocycles. The smallest absolute Gasteiger partial charge is 0.128 e. The van der Waals surface area contributed by atoms with Crippen molar-refractivity contribution in [2.45, 2.75) is 26.3 Å². The highest BCUT2D eigenvalue weighted by atomic mass is 19.1. The highest BCUT2D eigenvalue weighted by Gasteiger charge is 2.25. The molecule has 2 aromatic carbocycles. The summed E-state index contributed by atoms with van der Waals surface area (Å²) in [4.78, 5) is 0. The maximum atomic E-state index is 13.8. The molecule has 1 aliphatic rings. The molecule has 2 heteroatoms. The van der Waals surface area contributed by atoms with Crippen molar-refractivity contribution in [1.82, 2.24) is 0 Å². The fraction of sp³-hybridized carbons (Fsp3) is 0.250. The lowest BCUT2D eigenvalue weighted by atomic mass is 10.0. The third-order valence-corrected chi connectivity index (χ3v) is 3.67. The van der Waals surface area contributed by atoms with Crippen molar-refractivity contribution in [2.24, 2.45) is 0 Å². The van der Waals surface area contributed by atoms with Gasteiger partial charge >= 0.3 is 0 Å². The lowest BCUT2D eigenvalue weighted by Gasteiger charge is -2.12. The van der Waals surface area contributed by atoms with Crippen LogP contribution >= 0.6 is 0 Å². The Morgan fingerprint density at radius 3 is 2.44 bits per heavy atom. The molecular formula is C16H16FN. The first-order valence-electron chi connectivity index (χ1n) is 6.26. The number of aryl methyl sites for hydroxylation is 2. The summed E-state index contributed by atoms with van der Waals surface area (Å²) < 4.78 is 13.8. The van der Waals surface area contributed by atoms with E-state index in [-0.39, 0.29) is 11.9 Å². The first-order valence-corrected chi connectivity index (χ1v) is 6.26. The normalized spacial score (nSPS) is 17.4. The van der Waals surface area contributed by atoms with Gasteiger partial charge in [0.25, 0.3) is 0 Å². The van der Waals surface area contributed by atoms with Gasteiger partial charge in [0.15, 0.2) is 0 Å². The molecule has 0 fully saturated rings. The van der Waals surface area contributed by atoms with Crippen molar-refractivity contribution in [1.29, 1.82) is 0 Å². The van der Waals surface area contributed by atoms with Gasteiger partial charge in [-0.15, -0.1) is 0 Å². The molecule has 92 valence electrons. The molecule has 3 rings (SSSR count). The minimum absolute atomic E-state index is 0.0993. The molecule has 0 amide bonds. The van der Waals surface area contributed by atoms with Gasteiger partial charge in [-0.2, -0.15) is 0 Å². The van der Waals surface area contributed by atoms with E-state index in [1.807, 2.05) is 13.0 Å². The third-order valence-electron chi connectivity index (χ3n) is 3.67. The SMILES string of the molecule is Cc1ccc(C2Cc3c(F)ccc(C)c3N2)cc1. The molecule has 2 aromatic rings. The van der Waals surface area contributed by atoms with Crippen molar-refractivity contribution >= 4 is 5.69 Å². The quantitative estimate of drug-likeness (QED) is 0.790. The maximum Gasteiger partial charge on any atom is 0.128 e. The Kier molecular flexibility index (Phi) is 2.58. The second-order valence-electron chi connectivity index (χ2n) is 5.03. The highest BCUT2D eigenvalue weighted by molar-refractivity contribution is 5.63. The van der Waals surface area contributed by atoms with E-state index >= 15 is 0 Å². The lowest BCUT2D eigenvalue weighted by molar-refractivity contribution is 0.610. The second-order valence-corrected chi connectivity index (χ2v) is 5.03. The molecule has 0 spiro atoms. The zero-order valence-corrected chi connectivity index (χ0v) is 10.6. The Hall–Kier alpha value is -1.83. The Labute approximate surface area is 107 Å². The molecule has 1 aliphatic heterocycles. The first-order chi connectivity index (χ1) is 8.65. The van der Waals surface area contributed by atoms with Gasteiger partial charge in [0.2, 0.25) is 0 Å². The van der Waals surface area contributed by atoms with E-state index in [4.69, 9.17) is 0 Å². The first kappa shape index (κ1) is 11.3. The largest absolute Gasteiger partial charge is 0.377 e. The Bertz CT molecular complexity index is 556. The number of fused-ring (bicyclic) bond motifs is 1. The Balaban J connectivity index is 1.95. The van der Waals surface area contributed by atoms with Gasteiger partial charge in [0.05, 0.1) is 6.04 Å². The number of hydrogen-bond donors (Lipinski definition) is 1. The van der Waals surface area contributed by atoms with Crippen LogP contribution < -0.4 is 5.32 Å². The number of nitrogens with one attached hydrogen (secondary N) is 1. The van der Waals surface area contributed by atoms with Crippen molar-refractivity contribution in [3.63, 3.8) is 0 Å². The predicted molar refractivity (Wildman–Crippen MR) is 72.4 cm³/mol. The number of anilines is 1. The summed E-state index contributed by atoms with van der Waals surface area (Å²) in [6.45, 7) is 4.09. The zero-order valence-electron chi connectivity index (χ0n) is 10.6. The zero-order chi connectivity index (χ0) is 12.7. The summed E-state index contributed by atoms with van der Waals surface area (Å²) >= 11 is 0. The van der Waals surface area contributed by atoms with Gasteiger partial charge in [0, 0.05) is 17.7 Å². The number of halogens is 1. The van der Waals surface area contributed by atoms with Crippen LogP contribution in [-0.4, -0.2) is 0 Å². The van der Waals surface area contributed by atoms with Crippen LogP contribution in [0.2, 0.25) is 0 Å². The van der Waals surface area contributed by atoms with Gasteiger partial charge < -0.3 is 5.32 Å². The van der Waals surface area contributed by atoms with E-state index in [9.17, 15) is 4.39 Å². The average Bonchev–Trinajstić information content (AvgIpc) is 2.81. The van der Waals surface area contributed by atoms with Gasteiger partial charge in [0.1, 0.15) is 5.82 Å². The number of rotatable bonds is 1. The maximum absolute atomic E-state index is 13.8. The Morgan fingerprint density at radius 2 is 1.78 bits per heavy atom. The predicted octanol–water partition coefficient (Wildman–Crippen LogP) is 4.15. The van der Waals surface area contributed by atoms with Crippen LogP contribution in [0.25, 0.3) is 0 Å². The van der Waals surface area contributed by atoms with Crippen LogP contribution in [0.15, 0.2) is 36.4 Å². The molecule has 0 saturated carbocycles. The van der Waals surface area contributed by atoms with E-state index in [1.54, 1.807) is 6.07 Å². The summed E-state index contributed by atoms with van der Waals surface area (Å²) in [5.74, 6) is -0.0993. The van der Waals surface area contributed by atoms with Crippen molar-refractivity contribution in [3.05, 3.63) is 64.5 Å². The average molecular weight is 241 g/mol. The number of benzene rings is 2. The topological polar surface area (TPSA) is 12.0 Å². The molecule has 0 bridgehead atoms. The minimum atomic E-state index is -0.0993. The van der Waals surface area contributed by atoms with Gasteiger partial charge in [-0.25, -0.2) is 4.39 Å². The van der Waals surface area contributed by atoms with E-state index in [2.05, 4.69) is 36.5 Å². The van der Waals surface area contributed by atoms with Crippen LogP contribution in [0, 0.1) is 19.7 Å². The van der Waals surface area contributed by atoms with Crippen LogP contribution in [0.3, 0.4) is 0 Å². The molecule has 1 heterocycles. The standard InChI is InChI=1S/C16H16FN/c1-10-3-6-12(7-4-10)15-9-13-14(17)8-5-11(2)16(13)18-15/h3-8,15,18H,9H2,1-2H3. The monoisotopic (exact) mass is 241 g/mol. The van der Waals surface area contributed by atoms with Crippen molar-refractivity contribution in [3.8, 4) is 0 Å². The molecule has 0 saturated heterocycles. The van der Waals surface area contributed by atoms with Crippen LogP contribution in [0.1, 0.15) is 28.3 Å². The van der Waals surface area contributed by atoms with Crippen molar-refractivity contribution in [2.75, 3.05) is 5.32 Å². The van der Waals surface area contributed by atoms with E-state index in [1.165, 1.54) is 11.1 Å². The van der Waals surface area contributed by atoms with Crippen LogP contribution in [0.5, 0.6) is 0 Å². The highest BCUT2D eigenvalue weighted by Crippen LogP contribution is 2.37. The molecule has 1 unspecified atom stereocenters. The molecule has 0 aromatic heterocycles. The molecular weight excluding hydrogens is 225 g/mol. The van der Waals surface area contributed by atoms with Gasteiger partial charge in [-0.3, -0.25) is 0 Å². The third kappa shape index (κ3) is 1.78. The van der Waals surface area contributed by atoms with Gasteiger partial charge in [-0.05, 0) is 31.0 Å². The molecule has 18 heavy (non-hydrogen) atoms. The summed E-state index contributed by atoms with van der Waals surface area (Å²) in [5.41, 5.74) is 5.37. The summed E-state index contributed by atoms with van der Waals surface area (Å²) in [7, 11) is 0. The van der Waals surface area contributed by atoms with E-state index in [0.29, 0.717) is 0 Å². The van der Waals surface area contributed by atoms with Crippen molar-refractivity contribution < 1.29 is 4.39 Å². The lowest BCUT2D eigenvalue weighted by Crippen LogP contribution is -2.05. The van der Waals surface area contributed by atoms with Gasteiger partial charge in [-0.1, -0.05) is 35.9 Å². The number of hydrogen-bond acceptors (Lipinski definition) is 1. The molecule has 0 radical (unpaired) electrons. The molecule has 1 N–H and O–H groups in total. The van der Waals surface area contributed by atoms with E-state index < -0.39 is 0 Å². The van der Waals surface area contributed by atoms with E-state index in [0.717, 1.165) is 23.2 Å². The van der Waals surface area contributed by atoms with Crippen LogP contribution in [-0.2, 0) is 6.42 Å². The fourth-order valence-electron chi connectivity index (χ4n) is 2.57. The second kappa shape index (κ2) is 4.13. The summed E-state index contributed by atoms with van der Waals surface area (Å²) in [6, 6.07) is 12.0. The van der Waals surface area contributed by atoms with Crippen LogP contribution in [0.4, 0.5) is 10.1 Å². The fourth-order valence-corrected chi connectivity index (χ4v) is 2.57. The minimum Gasteiger partial charge on any atom is -0.377 e.